The van der Waals surface area contributed by atoms with Gasteiger partial charge in [0.15, 0.2) is 5.78 Å². The maximum Gasteiger partial charge on any atom is 0.277 e. The van der Waals surface area contributed by atoms with Gasteiger partial charge in [-0.05, 0) is 30.5 Å². The molecule has 0 fully saturated rings. The summed E-state index contributed by atoms with van der Waals surface area (Å²) in [4.78, 5) is 24.1. The van der Waals surface area contributed by atoms with E-state index >= 15 is 0 Å². The van der Waals surface area contributed by atoms with Crippen LogP contribution >= 0.6 is 0 Å². The summed E-state index contributed by atoms with van der Waals surface area (Å²) in [5, 5.41) is 20.9. The molecule has 1 aromatic carbocycles. The zero-order chi connectivity index (χ0) is 13.7. The van der Waals surface area contributed by atoms with Gasteiger partial charge >= 0.3 is 0 Å². The third-order valence-corrected chi connectivity index (χ3v) is 2.00. The van der Waals surface area contributed by atoms with Crippen molar-refractivity contribution in [3.05, 3.63) is 47.2 Å². The van der Waals surface area contributed by atoms with Crippen LogP contribution < -0.4 is 10.2 Å². The molecule has 0 saturated carbocycles. The molecule has 0 saturated heterocycles. The Labute approximate surface area is 104 Å². The Hall–Kier alpha value is -2.43. The molecule has 1 aliphatic heterocycles. The monoisotopic (exact) mass is 245 g/mol. The van der Waals surface area contributed by atoms with Gasteiger partial charge in [-0.2, -0.15) is 0 Å². The van der Waals surface area contributed by atoms with Crippen molar-refractivity contribution in [1.82, 2.24) is 0 Å². The first-order valence-corrected chi connectivity index (χ1v) is 5.17. The highest BCUT2D eigenvalue weighted by molar-refractivity contribution is 6.16. The topological polar surface area (TPSA) is 92.6 Å². The van der Waals surface area contributed by atoms with Gasteiger partial charge in [-0.3, -0.25) is 9.59 Å². The van der Waals surface area contributed by atoms with Crippen LogP contribution in [0.2, 0.25) is 0 Å². The number of fused-ring (bicyclic) bond motifs is 1. The van der Waals surface area contributed by atoms with Crippen LogP contribution in [0.25, 0.3) is 0 Å². The lowest BCUT2D eigenvalue weighted by atomic mass is 10.1. The minimum Gasteiger partial charge on any atom is -0.876 e. The fraction of sp³-hybridized carbons (Fsp3) is 0.154. The lowest BCUT2D eigenvalue weighted by Crippen LogP contribution is -2.15. The van der Waals surface area contributed by atoms with Gasteiger partial charge < -0.3 is 10.2 Å². The molecule has 0 radical (unpaired) electrons. The summed E-state index contributed by atoms with van der Waals surface area (Å²) in [6.45, 7) is 2.70. The van der Waals surface area contributed by atoms with Gasteiger partial charge in [0.05, 0.1) is 0 Å². The molecule has 0 spiro atoms. The fourth-order valence-corrected chi connectivity index (χ4v) is 1.36. The summed E-state index contributed by atoms with van der Waals surface area (Å²) in [6.07, 6.45) is 1.06. The second kappa shape index (κ2) is 5.77. The number of ketones is 1. The van der Waals surface area contributed by atoms with Crippen LogP contribution in [0.5, 0.6) is 0 Å². The van der Waals surface area contributed by atoms with Crippen molar-refractivity contribution in [3.63, 3.8) is 0 Å². The Bertz CT molecular complexity index is 540. The van der Waals surface area contributed by atoms with Gasteiger partial charge in [0, 0.05) is 5.56 Å². The number of nitrogens with zero attached hydrogens (tertiary/aromatic N) is 1. The molecule has 0 aliphatic carbocycles. The summed E-state index contributed by atoms with van der Waals surface area (Å²) >= 11 is 0. The van der Waals surface area contributed by atoms with Gasteiger partial charge in [0.1, 0.15) is 0 Å². The van der Waals surface area contributed by atoms with E-state index in [0.29, 0.717) is 11.1 Å². The lowest BCUT2D eigenvalue weighted by molar-refractivity contribution is -0.301. The van der Waals surface area contributed by atoms with E-state index in [1.807, 2.05) is 0 Å². The number of hydrogen-bond donors (Lipinski definition) is 0. The second-order valence-electron chi connectivity index (χ2n) is 3.63. The summed E-state index contributed by atoms with van der Waals surface area (Å²) < 4.78 is 0. The van der Waals surface area contributed by atoms with Gasteiger partial charge in [-0.25, -0.2) is 4.99 Å². The van der Waals surface area contributed by atoms with Crippen molar-refractivity contribution in [1.29, 1.82) is 0 Å². The highest BCUT2D eigenvalue weighted by Crippen LogP contribution is 2.15. The Kier molecular flexibility index (Phi) is 4.37. The van der Waals surface area contributed by atoms with Gasteiger partial charge in [-0.1, -0.05) is 25.1 Å². The van der Waals surface area contributed by atoms with Crippen molar-refractivity contribution >= 4 is 17.6 Å². The Morgan fingerprint density at radius 1 is 1.22 bits per heavy atom. The zero-order valence-corrected chi connectivity index (χ0v) is 9.97. The molecule has 1 heterocycles. The molecule has 1 aromatic rings. The highest BCUT2D eigenvalue weighted by Gasteiger charge is 2.15. The maximum absolute atomic E-state index is 10.9. The van der Waals surface area contributed by atoms with Gasteiger partial charge in [0.2, 0.25) is 0 Å². The molecular weight excluding hydrogens is 234 g/mol. The van der Waals surface area contributed by atoms with E-state index in [2.05, 4.69) is 4.99 Å². The minimum atomic E-state index is -0.425. The largest absolute Gasteiger partial charge is 0.876 e. The zero-order valence-electron chi connectivity index (χ0n) is 9.97. The van der Waals surface area contributed by atoms with E-state index in [1.54, 1.807) is 24.3 Å². The van der Waals surface area contributed by atoms with Crippen LogP contribution in [-0.4, -0.2) is 17.6 Å². The van der Waals surface area contributed by atoms with Crippen LogP contribution in [0.15, 0.2) is 41.1 Å². The Morgan fingerprint density at radius 3 is 2.17 bits per heavy atom. The Balaban J connectivity index is 0.000000203. The molecule has 5 heteroatoms. The fourth-order valence-electron chi connectivity index (χ4n) is 1.36. The molecule has 5 nitrogen and oxygen atoms in total. The predicted molar refractivity (Wildman–Crippen MR) is 61.7 cm³/mol. The van der Waals surface area contributed by atoms with Crippen LogP contribution in [-0.2, 0) is 4.79 Å². The SMILES string of the molecule is CC(=O)/C=C(/C)[O-].O=C1N=C([O-])c2ccccc21. The van der Waals surface area contributed by atoms with Gasteiger partial charge in [0.25, 0.3) is 5.91 Å². The van der Waals surface area contributed by atoms with Crippen LogP contribution in [0, 0.1) is 0 Å². The normalized spacial score (nSPS) is 13.3. The first kappa shape index (κ1) is 13.6. The molecule has 18 heavy (non-hydrogen) atoms. The number of aliphatic imine (C=N–C) groups is 1. The van der Waals surface area contributed by atoms with E-state index in [9.17, 15) is 19.8 Å². The lowest BCUT2D eigenvalue weighted by Gasteiger charge is -2.02. The first-order valence-electron chi connectivity index (χ1n) is 5.17. The second-order valence-corrected chi connectivity index (χ2v) is 3.63. The van der Waals surface area contributed by atoms with Gasteiger partial charge in [-0.15, -0.1) is 5.76 Å². The van der Waals surface area contributed by atoms with Crippen LogP contribution in [0.4, 0.5) is 0 Å². The molecule has 2 rings (SSSR count). The summed E-state index contributed by atoms with van der Waals surface area (Å²) in [5.74, 6) is -1.23. The van der Waals surface area contributed by atoms with E-state index in [4.69, 9.17) is 0 Å². The maximum atomic E-state index is 10.9. The van der Waals surface area contributed by atoms with E-state index in [1.165, 1.54) is 13.8 Å². The smallest absolute Gasteiger partial charge is 0.277 e. The van der Waals surface area contributed by atoms with Crippen molar-refractivity contribution in [2.75, 3.05) is 0 Å². The van der Waals surface area contributed by atoms with E-state index in [0.717, 1.165) is 6.08 Å². The molecule has 0 bridgehead atoms. The van der Waals surface area contributed by atoms with E-state index in [-0.39, 0.29) is 11.5 Å². The van der Waals surface area contributed by atoms with E-state index < -0.39 is 11.8 Å². The average molecular weight is 245 g/mol. The van der Waals surface area contributed by atoms with Crippen molar-refractivity contribution < 1.29 is 19.8 Å². The number of allylic oxidation sites excluding steroid dienone is 2. The van der Waals surface area contributed by atoms with Crippen LogP contribution in [0.1, 0.15) is 29.8 Å². The molecular formula is C13H11NO4-2. The summed E-state index contributed by atoms with van der Waals surface area (Å²) in [7, 11) is 0. The summed E-state index contributed by atoms with van der Waals surface area (Å²) in [5.41, 5.74) is 0.829. The number of carbonyl (C=O) groups is 2. The standard InChI is InChI=1S/C8H5NO2.C5H8O2/c10-7-5-3-1-2-4-6(5)8(11)9-7;1-4(6)3-5(2)7/h1-4H,(H,9,10,11);3,6H,1-2H3/p-2/b;4-3-. The number of rotatable bonds is 1. The Morgan fingerprint density at radius 2 is 1.78 bits per heavy atom. The molecule has 1 amide bonds. The molecule has 0 N–H and O–H groups in total. The highest BCUT2D eigenvalue weighted by atomic mass is 16.3. The number of benzene rings is 1. The molecule has 0 atom stereocenters. The quantitative estimate of drug-likeness (QED) is 0.505. The number of hydrogen-bond acceptors (Lipinski definition) is 4. The molecule has 0 unspecified atom stereocenters. The summed E-state index contributed by atoms with van der Waals surface area (Å²) in [6, 6.07) is 6.63. The third-order valence-electron chi connectivity index (χ3n) is 2.00. The van der Waals surface area contributed by atoms with Crippen molar-refractivity contribution in [3.8, 4) is 0 Å². The molecule has 1 aliphatic rings. The van der Waals surface area contributed by atoms with Crippen molar-refractivity contribution in [2.24, 2.45) is 4.99 Å². The molecule has 0 aromatic heterocycles. The predicted octanol–water partition coefficient (Wildman–Crippen LogP) is -0.213. The minimum absolute atomic E-state index is 0.187. The number of carbonyl (C=O) groups excluding carboxylic acids is 2. The van der Waals surface area contributed by atoms with Crippen molar-refractivity contribution in [2.45, 2.75) is 13.8 Å². The number of amides is 1. The molecule has 94 valence electrons. The average Bonchev–Trinajstić information content (AvgIpc) is 2.55. The van der Waals surface area contributed by atoms with Crippen LogP contribution in [0.3, 0.4) is 0 Å². The third kappa shape index (κ3) is 3.55. The first-order chi connectivity index (χ1) is 8.41.